The predicted molar refractivity (Wildman–Crippen MR) is 60.0 cm³/mol. The van der Waals surface area contributed by atoms with Gasteiger partial charge in [-0.1, -0.05) is 15.9 Å². The molecule has 2 rings (SSSR count). The molecule has 0 unspecified atom stereocenters. The predicted octanol–water partition coefficient (Wildman–Crippen LogP) is 3.05. The Morgan fingerprint density at radius 2 is 2.00 bits per heavy atom. The van der Waals surface area contributed by atoms with E-state index in [1.807, 2.05) is 12.1 Å². The maximum absolute atomic E-state index is 11.4. The van der Waals surface area contributed by atoms with Crippen molar-refractivity contribution < 1.29 is 0 Å². The molecule has 0 bridgehead atoms. The lowest BCUT2D eigenvalue weighted by atomic mass is 10.2. The zero-order valence-electron chi connectivity index (χ0n) is 6.47. The first-order valence-corrected chi connectivity index (χ1v) is 5.23. The third-order valence-electron chi connectivity index (χ3n) is 1.77. The Labute approximate surface area is 91.2 Å². The molecule has 0 saturated heterocycles. The largest absolute Gasteiger partial charge is 0.361 e. The normalized spacial score (nSPS) is 10.6. The molecule has 13 heavy (non-hydrogen) atoms. The Bertz CT molecular complexity index is 518. The van der Waals surface area contributed by atoms with Crippen LogP contribution in [0.5, 0.6) is 0 Å². The standard InChI is InChI=1S/C9H5Br2NO/c10-5-3-6(11)9-7(4-5)12-2-1-8(9)13/h1-4H,(H,12,13). The molecule has 0 saturated carbocycles. The number of nitrogens with one attached hydrogen (secondary N) is 1. The van der Waals surface area contributed by atoms with Crippen LogP contribution >= 0.6 is 31.9 Å². The number of aromatic amines is 1. The van der Waals surface area contributed by atoms with Gasteiger partial charge in [0.15, 0.2) is 5.43 Å². The fraction of sp³-hybridized carbons (Fsp3) is 0. The fourth-order valence-corrected chi connectivity index (χ4v) is 2.65. The molecule has 0 radical (unpaired) electrons. The third-order valence-corrected chi connectivity index (χ3v) is 2.86. The summed E-state index contributed by atoms with van der Waals surface area (Å²) >= 11 is 6.70. The summed E-state index contributed by atoms with van der Waals surface area (Å²) in [6.07, 6.45) is 1.64. The number of H-pyrrole nitrogens is 1. The molecule has 0 aliphatic heterocycles. The summed E-state index contributed by atoms with van der Waals surface area (Å²) in [6, 6.07) is 5.25. The van der Waals surface area contributed by atoms with Crippen molar-refractivity contribution in [1.29, 1.82) is 0 Å². The van der Waals surface area contributed by atoms with Gasteiger partial charge >= 0.3 is 0 Å². The van der Waals surface area contributed by atoms with Crippen LogP contribution in [0.4, 0.5) is 0 Å². The smallest absolute Gasteiger partial charge is 0.190 e. The van der Waals surface area contributed by atoms with Crippen LogP contribution in [0.15, 0.2) is 38.1 Å². The number of rotatable bonds is 0. The molecule has 4 heteroatoms. The first-order valence-electron chi connectivity index (χ1n) is 3.65. The Morgan fingerprint density at radius 1 is 1.23 bits per heavy atom. The number of pyridine rings is 1. The van der Waals surface area contributed by atoms with Crippen molar-refractivity contribution in [3.63, 3.8) is 0 Å². The van der Waals surface area contributed by atoms with Crippen molar-refractivity contribution in [2.45, 2.75) is 0 Å². The number of hydrogen-bond acceptors (Lipinski definition) is 1. The molecular weight excluding hydrogens is 298 g/mol. The van der Waals surface area contributed by atoms with Crippen molar-refractivity contribution in [1.82, 2.24) is 4.98 Å². The molecule has 66 valence electrons. The lowest BCUT2D eigenvalue weighted by Crippen LogP contribution is -2.00. The second-order valence-electron chi connectivity index (χ2n) is 2.65. The van der Waals surface area contributed by atoms with Gasteiger partial charge in [0.05, 0.1) is 10.9 Å². The Morgan fingerprint density at radius 3 is 2.77 bits per heavy atom. The highest BCUT2D eigenvalue weighted by molar-refractivity contribution is 9.11. The summed E-state index contributed by atoms with van der Waals surface area (Å²) < 4.78 is 1.74. The van der Waals surface area contributed by atoms with Crippen LogP contribution in [-0.4, -0.2) is 4.98 Å². The van der Waals surface area contributed by atoms with Crippen molar-refractivity contribution in [3.05, 3.63) is 43.6 Å². The van der Waals surface area contributed by atoms with Crippen LogP contribution in [0.2, 0.25) is 0 Å². The molecule has 1 heterocycles. The van der Waals surface area contributed by atoms with Gasteiger partial charge in [0.1, 0.15) is 0 Å². The zero-order chi connectivity index (χ0) is 9.42. The summed E-state index contributed by atoms with van der Waals surface area (Å²) in [5, 5.41) is 0.686. The maximum atomic E-state index is 11.4. The molecule has 0 atom stereocenters. The Hall–Kier alpha value is -0.610. The van der Waals surface area contributed by atoms with Gasteiger partial charge < -0.3 is 4.98 Å². The number of hydrogen-bond donors (Lipinski definition) is 1. The lowest BCUT2D eigenvalue weighted by Gasteiger charge is -2.00. The number of aromatic nitrogens is 1. The van der Waals surface area contributed by atoms with E-state index in [0.717, 1.165) is 14.5 Å². The van der Waals surface area contributed by atoms with Gasteiger partial charge in [-0.05, 0) is 28.1 Å². The van der Waals surface area contributed by atoms with E-state index in [4.69, 9.17) is 0 Å². The molecule has 0 fully saturated rings. The van der Waals surface area contributed by atoms with E-state index in [0.29, 0.717) is 5.39 Å². The minimum Gasteiger partial charge on any atom is -0.361 e. The highest BCUT2D eigenvalue weighted by Crippen LogP contribution is 2.24. The minimum absolute atomic E-state index is 0.0214. The van der Waals surface area contributed by atoms with Crippen molar-refractivity contribution in [3.8, 4) is 0 Å². The summed E-state index contributed by atoms with van der Waals surface area (Å²) in [6.45, 7) is 0. The fourth-order valence-electron chi connectivity index (χ4n) is 1.23. The van der Waals surface area contributed by atoms with Gasteiger partial charge in [-0.2, -0.15) is 0 Å². The monoisotopic (exact) mass is 301 g/mol. The molecule has 1 aromatic carbocycles. The average molecular weight is 303 g/mol. The molecule has 0 spiro atoms. The van der Waals surface area contributed by atoms with Gasteiger partial charge in [0, 0.05) is 21.2 Å². The summed E-state index contributed by atoms with van der Waals surface area (Å²) in [5.74, 6) is 0. The average Bonchev–Trinajstić information content (AvgIpc) is 2.02. The van der Waals surface area contributed by atoms with Crippen LogP contribution in [-0.2, 0) is 0 Å². The van der Waals surface area contributed by atoms with E-state index in [1.165, 1.54) is 6.07 Å². The first-order chi connectivity index (χ1) is 6.18. The molecule has 0 aliphatic carbocycles. The summed E-state index contributed by atoms with van der Waals surface area (Å²) in [5.41, 5.74) is 0.849. The van der Waals surface area contributed by atoms with Gasteiger partial charge in [-0.15, -0.1) is 0 Å². The van der Waals surface area contributed by atoms with Crippen LogP contribution in [0, 0.1) is 0 Å². The van der Waals surface area contributed by atoms with E-state index in [9.17, 15) is 4.79 Å². The van der Waals surface area contributed by atoms with Gasteiger partial charge in [-0.3, -0.25) is 4.79 Å². The molecule has 1 N–H and O–H groups in total. The molecular formula is C9H5Br2NO. The molecule has 2 aromatic rings. The summed E-state index contributed by atoms with van der Waals surface area (Å²) in [4.78, 5) is 14.5. The van der Waals surface area contributed by atoms with Crippen molar-refractivity contribution in [2.24, 2.45) is 0 Å². The quantitative estimate of drug-likeness (QED) is 0.797. The number of fused-ring (bicyclic) bond motifs is 1. The highest BCUT2D eigenvalue weighted by atomic mass is 79.9. The lowest BCUT2D eigenvalue weighted by molar-refractivity contribution is 1.38. The minimum atomic E-state index is 0.0214. The second kappa shape index (κ2) is 3.27. The van der Waals surface area contributed by atoms with Crippen LogP contribution in [0.3, 0.4) is 0 Å². The number of halogens is 2. The maximum Gasteiger partial charge on any atom is 0.190 e. The van der Waals surface area contributed by atoms with Crippen molar-refractivity contribution >= 4 is 42.8 Å². The molecule has 0 aliphatic rings. The van der Waals surface area contributed by atoms with E-state index >= 15 is 0 Å². The zero-order valence-corrected chi connectivity index (χ0v) is 9.65. The van der Waals surface area contributed by atoms with E-state index in [2.05, 4.69) is 36.8 Å². The Kier molecular flexibility index (Phi) is 2.26. The topological polar surface area (TPSA) is 32.9 Å². The van der Waals surface area contributed by atoms with Crippen molar-refractivity contribution in [2.75, 3.05) is 0 Å². The van der Waals surface area contributed by atoms with Crippen LogP contribution < -0.4 is 5.43 Å². The Balaban J connectivity index is 3.03. The van der Waals surface area contributed by atoms with E-state index in [1.54, 1.807) is 6.20 Å². The van der Waals surface area contributed by atoms with Gasteiger partial charge in [0.25, 0.3) is 0 Å². The highest BCUT2D eigenvalue weighted by Gasteiger charge is 2.03. The van der Waals surface area contributed by atoms with E-state index < -0.39 is 0 Å². The second-order valence-corrected chi connectivity index (χ2v) is 4.42. The third kappa shape index (κ3) is 1.56. The SMILES string of the molecule is O=c1cc[nH]c2cc(Br)cc(Br)c12. The molecule has 1 aromatic heterocycles. The number of benzene rings is 1. The first kappa shape index (κ1) is 8.97. The van der Waals surface area contributed by atoms with Gasteiger partial charge in [0.2, 0.25) is 0 Å². The van der Waals surface area contributed by atoms with Crippen LogP contribution in [0.25, 0.3) is 10.9 Å². The van der Waals surface area contributed by atoms with Crippen LogP contribution in [0.1, 0.15) is 0 Å². The van der Waals surface area contributed by atoms with E-state index in [-0.39, 0.29) is 5.43 Å². The molecule has 0 amide bonds. The molecule has 2 nitrogen and oxygen atoms in total. The summed E-state index contributed by atoms with van der Waals surface area (Å²) in [7, 11) is 0. The van der Waals surface area contributed by atoms with Gasteiger partial charge in [-0.25, -0.2) is 0 Å².